The third-order valence-corrected chi connectivity index (χ3v) is 7.16. The second-order valence-corrected chi connectivity index (χ2v) is 9.90. The van der Waals surface area contributed by atoms with Crippen LogP contribution in [0.1, 0.15) is 61.3 Å². The van der Waals surface area contributed by atoms with Crippen LogP contribution in [0, 0.1) is 0 Å². The zero-order chi connectivity index (χ0) is 25.3. The maximum Gasteiger partial charge on any atom is 0.326 e. The molecule has 1 amide bonds. The van der Waals surface area contributed by atoms with Gasteiger partial charge in [-0.1, -0.05) is 36.4 Å². The lowest BCUT2D eigenvalue weighted by Crippen LogP contribution is -2.45. The van der Waals surface area contributed by atoms with Crippen LogP contribution in [0.5, 0.6) is 0 Å². The molecule has 0 saturated heterocycles. The molecule has 8 nitrogen and oxygen atoms in total. The number of carboxylic acid groups (broad SMARTS) is 1. The quantitative estimate of drug-likeness (QED) is 0.299. The molecule has 1 fully saturated rings. The number of aliphatic hydroxyl groups is 1. The molecule has 1 aromatic carbocycles. The molecule has 1 saturated carbocycles. The van der Waals surface area contributed by atoms with Crippen LogP contribution in [0.15, 0.2) is 42.5 Å². The highest BCUT2D eigenvalue weighted by atomic mass is 16.4. The van der Waals surface area contributed by atoms with Gasteiger partial charge in [0.1, 0.15) is 11.9 Å². The Morgan fingerprint density at radius 2 is 1.92 bits per heavy atom. The Bertz CT molecular complexity index is 1010. The second-order valence-electron chi connectivity index (χ2n) is 9.90. The molecule has 4 rings (SSSR count). The second kappa shape index (κ2) is 12.8. The van der Waals surface area contributed by atoms with Crippen molar-refractivity contribution in [3.8, 4) is 0 Å². The number of nitrogens with zero attached hydrogens (tertiary/aromatic N) is 2. The molecule has 0 spiro atoms. The number of carboxylic acids is 1. The van der Waals surface area contributed by atoms with Gasteiger partial charge in [-0.15, -0.1) is 0 Å². The maximum absolute atomic E-state index is 12.8. The molecule has 2 aromatic rings. The lowest BCUT2D eigenvalue weighted by atomic mass is 9.98. The number of fused-ring (bicyclic) bond motifs is 1. The number of rotatable bonds is 14. The number of aryl methyl sites for hydroxylation is 2. The number of pyridine rings is 1. The van der Waals surface area contributed by atoms with E-state index in [9.17, 15) is 19.8 Å². The van der Waals surface area contributed by atoms with Gasteiger partial charge in [0.05, 0.1) is 12.5 Å². The van der Waals surface area contributed by atoms with Crippen molar-refractivity contribution in [1.82, 2.24) is 15.2 Å². The van der Waals surface area contributed by atoms with Gasteiger partial charge < -0.3 is 25.7 Å². The fraction of sp³-hybridized carbons (Fsp3) is 0.536. The van der Waals surface area contributed by atoms with Crippen molar-refractivity contribution in [1.29, 1.82) is 0 Å². The van der Waals surface area contributed by atoms with Crippen LogP contribution in [0.25, 0.3) is 0 Å². The number of carbonyl (C=O) groups is 2. The summed E-state index contributed by atoms with van der Waals surface area (Å²) in [6, 6.07) is 12.8. The highest BCUT2D eigenvalue weighted by molar-refractivity contribution is 5.88. The topological polar surface area (TPSA) is 115 Å². The van der Waals surface area contributed by atoms with E-state index in [4.69, 9.17) is 4.98 Å². The van der Waals surface area contributed by atoms with Crippen LogP contribution in [0.2, 0.25) is 0 Å². The van der Waals surface area contributed by atoms with Crippen molar-refractivity contribution in [2.45, 2.75) is 69.4 Å². The lowest BCUT2D eigenvalue weighted by molar-refractivity contribution is -0.142. The van der Waals surface area contributed by atoms with E-state index < -0.39 is 23.8 Å². The Morgan fingerprint density at radius 3 is 2.64 bits per heavy atom. The van der Waals surface area contributed by atoms with Gasteiger partial charge in [-0.25, -0.2) is 9.78 Å². The fourth-order valence-electron chi connectivity index (χ4n) is 4.90. The van der Waals surface area contributed by atoms with Gasteiger partial charge >= 0.3 is 5.97 Å². The molecule has 2 heterocycles. The van der Waals surface area contributed by atoms with Gasteiger partial charge in [0.2, 0.25) is 5.91 Å². The van der Waals surface area contributed by atoms with E-state index in [-0.39, 0.29) is 6.61 Å². The predicted molar refractivity (Wildman–Crippen MR) is 139 cm³/mol. The van der Waals surface area contributed by atoms with Gasteiger partial charge in [-0.05, 0) is 75.1 Å². The van der Waals surface area contributed by atoms with E-state index in [1.807, 2.05) is 6.07 Å². The number of aliphatic carboxylic acids is 1. The smallest absolute Gasteiger partial charge is 0.326 e. The molecule has 194 valence electrons. The Morgan fingerprint density at radius 1 is 1.11 bits per heavy atom. The van der Waals surface area contributed by atoms with Crippen molar-refractivity contribution in [2.24, 2.45) is 0 Å². The monoisotopic (exact) mass is 494 g/mol. The van der Waals surface area contributed by atoms with E-state index >= 15 is 0 Å². The molecule has 2 unspecified atom stereocenters. The van der Waals surface area contributed by atoms with E-state index in [0.717, 1.165) is 69.5 Å². The predicted octanol–water partition coefficient (Wildman–Crippen LogP) is 2.96. The summed E-state index contributed by atoms with van der Waals surface area (Å²) in [5.41, 5.74) is 3.09. The summed E-state index contributed by atoms with van der Waals surface area (Å²) < 4.78 is 0. The van der Waals surface area contributed by atoms with E-state index in [1.54, 1.807) is 24.3 Å². The number of anilines is 1. The molecular weight excluding hydrogens is 456 g/mol. The average Bonchev–Trinajstić information content (AvgIpc) is 3.74. The first-order valence-corrected chi connectivity index (χ1v) is 13.2. The van der Waals surface area contributed by atoms with Crippen molar-refractivity contribution in [2.75, 3.05) is 31.6 Å². The first-order chi connectivity index (χ1) is 17.5. The molecule has 1 aliphatic carbocycles. The third-order valence-electron chi connectivity index (χ3n) is 7.16. The molecule has 8 heteroatoms. The number of amides is 1. The van der Waals surface area contributed by atoms with Crippen molar-refractivity contribution >= 4 is 17.7 Å². The summed E-state index contributed by atoms with van der Waals surface area (Å²) in [5, 5.41) is 25.5. The Balaban J connectivity index is 1.24. The zero-order valence-corrected chi connectivity index (χ0v) is 20.9. The minimum atomic E-state index is -1.05. The van der Waals surface area contributed by atoms with Crippen LogP contribution in [-0.2, 0) is 22.4 Å². The average molecular weight is 495 g/mol. The van der Waals surface area contributed by atoms with Crippen LogP contribution >= 0.6 is 0 Å². The molecule has 2 aliphatic rings. The third kappa shape index (κ3) is 7.27. The Kier molecular flexibility index (Phi) is 9.30. The molecular formula is C28H38N4O4. The molecule has 1 aromatic heterocycles. The van der Waals surface area contributed by atoms with Gasteiger partial charge in [-0.2, -0.15) is 0 Å². The number of unbranched alkanes of at least 4 members (excludes halogenated alkanes) is 1. The largest absolute Gasteiger partial charge is 0.480 e. The summed E-state index contributed by atoms with van der Waals surface area (Å²) in [6.45, 7) is 2.16. The first-order valence-electron chi connectivity index (χ1n) is 13.2. The summed E-state index contributed by atoms with van der Waals surface area (Å²) in [7, 11) is 0. The highest BCUT2D eigenvalue weighted by Gasteiger charge is 2.31. The van der Waals surface area contributed by atoms with Gasteiger partial charge in [0.15, 0.2) is 0 Å². The maximum atomic E-state index is 12.8. The molecule has 36 heavy (non-hydrogen) atoms. The fourth-order valence-corrected chi connectivity index (χ4v) is 4.90. The lowest BCUT2D eigenvalue weighted by Gasteiger charge is -2.25. The van der Waals surface area contributed by atoms with E-state index in [0.29, 0.717) is 24.6 Å². The standard InChI is InChI=1S/C28H38N4O4/c33-19-24(20-7-2-1-3-8-20)27(34)31-25(28(35)36)15-18-32(23-13-14-23)17-5-4-10-22-12-11-21-9-6-16-29-26(21)30-22/h1-3,7-8,11-12,23-25,33H,4-6,9-10,13-19H2,(H,29,30)(H,31,34)(H,35,36). The summed E-state index contributed by atoms with van der Waals surface area (Å²) in [5.74, 6) is -1.24. The first kappa shape index (κ1) is 26.1. The van der Waals surface area contributed by atoms with Crippen LogP contribution in [0.3, 0.4) is 0 Å². The van der Waals surface area contributed by atoms with E-state index in [1.165, 1.54) is 5.56 Å². The SMILES string of the molecule is O=C(O)C(CCN(CCCCc1ccc2c(n1)NCCC2)C1CC1)NC(=O)C(CO)c1ccccc1. The number of aliphatic hydroxyl groups excluding tert-OH is 1. The number of hydrogen-bond donors (Lipinski definition) is 4. The Labute approximate surface area is 213 Å². The Hall–Kier alpha value is -2.97. The number of benzene rings is 1. The zero-order valence-electron chi connectivity index (χ0n) is 20.9. The summed E-state index contributed by atoms with van der Waals surface area (Å²) >= 11 is 0. The minimum Gasteiger partial charge on any atom is -0.480 e. The van der Waals surface area contributed by atoms with Crippen molar-refractivity contribution in [3.63, 3.8) is 0 Å². The van der Waals surface area contributed by atoms with Crippen LogP contribution < -0.4 is 10.6 Å². The molecule has 0 bridgehead atoms. The van der Waals surface area contributed by atoms with Gasteiger partial charge in [-0.3, -0.25) is 4.79 Å². The minimum absolute atomic E-state index is 0.336. The number of hydrogen-bond acceptors (Lipinski definition) is 6. The van der Waals surface area contributed by atoms with Crippen molar-refractivity contribution < 1.29 is 19.8 Å². The molecule has 2 atom stereocenters. The van der Waals surface area contributed by atoms with Crippen LogP contribution in [0.4, 0.5) is 5.82 Å². The molecule has 1 aliphatic heterocycles. The highest BCUT2D eigenvalue weighted by Crippen LogP contribution is 2.28. The van der Waals surface area contributed by atoms with Gasteiger partial charge in [0.25, 0.3) is 0 Å². The number of nitrogens with one attached hydrogen (secondary N) is 2. The summed E-state index contributed by atoms with van der Waals surface area (Å²) in [6.07, 6.45) is 7.86. The van der Waals surface area contributed by atoms with Crippen LogP contribution in [-0.4, -0.2) is 70.3 Å². The number of carbonyl (C=O) groups excluding carboxylic acids is 1. The molecule has 4 N–H and O–H groups in total. The van der Waals surface area contributed by atoms with Gasteiger partial charge in [0, 0.05) is 24.8 Å². The normalized spacial score (nSPS) is 16.6. The van der Waals surface area contributed by atoms with E-state index in [2.05, 4.69) is 27.7 Å². The molecule has 0 radical (unpaired) electrons. The van der Waals surface area contributed by atoms with Crippen molar-refractivity contribution in [3.05, 3.63) is 59.3 Å². The summed E-state index contributed by atoms with van der Waals surface area (Å²) in [4.78, 5) is 31.8. The number of aromatic nitrogens is 1.